The minimum atomic E-state index is -0.166. The number of rotatable bonds is 9. The van der Waals surface area contributed by atoms with Gasteiger partial charge in [0.15, 0.2) is 0 Å². The van der Waals surface area contributed by atoms with Crippen molar-refractivity contribution in [1.82, 2.24) is 14.7 Å². The van der Waals surface area contributed by atoms with Crippen molar-refractivity contribution in [3.05, 3.63) is 86.5 Å². The topological polar surface area (TPSA) is 70.4 Å². The van der Waals surface area contributed by atoms with Crippen molar-refractivity contribution in [3.8, 4) is 17.2 Å². The lowest BCUT2D eigenvalue weighted by Gasteiger charge is -2.42. The van der Waals surface area contributed by atoms with Crippen molar-refractivity contribution in [3.63, 3.8) is 0 Å². The summed E-state index contributed by atoms with van der Waals surface area (Å²) in [6.45, 7) is 44.7. The van der Waals surface area contributed by atoms with Gasteiger partial charge in [-0.2, -0.15) is 0 Å². The zero-order valence-electron chi connectivity index (χ0n) is 39.5. The van der Waals surface area contributed by atoms with E-state index in [0.717, 1.165) is 92.3 Å². The predicted octanol–water partition coefficient (Wildman–Crippen LogP) is 11.4. The molecule has 0 radical (unpaired) electrons. The summed E-state index contributed by atoms with van der Waals surface area (Å²) in [7, 11) is 0. The smallest absolute Gasteiger partial charge is 0.123 e. The molecule has 4 rings (SSSR count). The average Bonchev–Trinajstić information content (AvgIpc) is 3.03. The molecule has 3 N–H and O–H groups in total. The van der Waals surface area contributed by atoms with E-state index in [9.17, 15) is 15.3 Å². The van der Waals surface area contributed by atoms with E-state index in [0.29, 0.717) is 17.2 Å². The fourth-order valence-corrected chi connectivity index (χ4v) is 8.21. The van der Waals surface area contributed by atoms with E-state index in [1.807, 2.05) is 0 Å². The van der Waals surface area contributed by atoms with E-state index in [1.165, 1.54) is 16.7 Å². The molecule has 0 atom stereocenters. The second-order valence-electron chi connectivity index (χ2n) is 23.5. The first-order valence-corrected chi connectivity index (χ1v) is 21.5. The standard InChI is InChI=1S/C51H81N3O3/c1-46(2,3)37-25-34(26-38(43(37)55)47(4,5)6)19-22-52-31-53(23-20-35-27-39(48(7,8)9)44(56)40(28-35)49(10,11)12)33-54(32-52)24-21-36-29-41(50(13,14)15)45(57)42(30-36)51(16,17)18/h25-30,55-57H,19-24,31-33H2,1-18H3. The fourth-order valence-electron chi connectivity index (χ4n) is 8.21. The van der Waals surface area contributed by atoms with E-state index in [-0.39, 0.29) is 32.5 Å². The van der Waals surface area contributed by atoms with Gasteiger partial charge in [0.05, 0.1) is 20.0 Å². The van der Waals surface area contributed by atoms with Crippen LogP contribution in [0.1, 0.15) is 175 Å². The fraction of sp³-hybridized carbons (Fsp3) is 0.647. The van der Waals surface area contributed by atoms with Crippen molar-refractivity contribution in [2.75, 3.05) is 39.6 Å². The van der Waals surface area contributed by atoms with Crippen LogP contribution >= 0.6 is 0 Å². The Balaban J connectivity index is 1.66. The molecule has 0 aromatic heterocycles. The first kappa shape index (κ1) is 46.6. The Morgan fingerprint density at radius 2 is 0.491 bits per heavy atom. The van der Waals surface area contributed by atoms with Gasteiger partial charge in [-0.05, 0) is 102 Å². The molecule has 1 aliphatic heterocycles. The first-order valence-electron chi connectivity index (χ1n) is 21.5. The molecule has 0 spiro atoms. The molecule has 3 aromatic rings. The van der Waals surface area contributed by atoms with Crippen LogP contribution in [0.3, 0.4) is 0 Å². The first-order chi connectivity index (χ1) is 25.8. The Bertz CT molecular complexity index is 1540. The molecule has 57 heavy (non-hydrogen) atoms. The molecule has 3 aromatic carbocycles. The van der Waals surface area contributed by atoms with Crippen molar-refractivity contribution >= 4 is 0 Å². The zero-order chi connectivity index (χ0) is 43.3. The summed E-state index contributed by atoms with van der Waals surface area (Å²) >= 11 is 0. The van der Waals surface area contributed by atoms with Gasteiger partial charge in [0, 0.05) is 19.6 Å². The minimum Gasteiger partial charge on any atom is -0.507 e. The Labute approximate surface area is 348 Å². The summed E-state index contributed by atoms with van der Waals surface area (Å²) in [6, 6.07) is 13.4. The Morgan fingerprint density at radius 1 is 0.333 bits per heavy atom. The van der Waals surface area contributed by atoms with Crippen LogP contribution in [0.5, 0.6) is 17.2 Å². The molecular weight excluding hydrogens is 703 g/mol. The van der Waals surface area contributed by atoms with Gasteiger partial charge in [0.1, 0.15) is 17.2 Å². The number of phenols is 3. The highest BCUT2D eigenvalue weighted by Crippen LogP contribution is 2.42. The van der Waals surface area contributed by atoms with Crippen LogP contribution in [-0.2, 0) is 51.8 Å². The molecule has 1 aliphatic rings. The van der Waals surface area contributed by atoms with Crippen LogP contribution in [0.4, 0.5) is 0 Å². The average molecular weight is 784 g/mol. The number of nitrogens with zero attached hydrogens (tertiary/aromatic N) is 3. The zero-order valence-corrected chi connectivity index (χ0v) is 39.5. The summed E-state index contributed by atoms with van der Waals surface area (Å²) in [4.78, 5) is 7.75. The normalized spacial score (nSPS) is 16.1. The highest BCUT2D eigenvalue weighted by molar-refractivity contribution is 5.52. The predicted molar refractivity (Wildman–Crippen MR) is 242 cm³/mol. The lowest BCUT2D eigenvalue weighted by molar-refractivity contribution is -0.0275. The summed E-state index contributed by atoms with van der Waals surface area (Å²) in [6.07, 6.45) is 2.70. The summed E-state index contributed by atoms with van der Waals surface area (Å²) < 4.78 is 0. The van der Waals surface area contributed by atoms with Gasteiger partial charge in [0.25, 0.3) is 0 Å². The van der Waals surface area contributed by atoms with E-state index in [1.54, 1.807) is 0 Å². The van der Waals surface area contributed by atoms with E-state index in [2.05, 4.69) is 176 Å². The third-order valence-electron chi connectivity index (χ3n) is 11.7. The molecule has 1 heterocycles. The number of hydrogen-bond acceptors (Lipinski definition) is 6. The van der Waals surface area contributed by atoms with Gasteiger partial charge in [0.2, 0.25) is 0 Å². The third kappa shape index (κ3) is 11.8. The Morgan fingerprint density at radius 3 is 0.632 bits per heavy atom. The van der Waals surface area contributed by atoms with Gasteiger partial charge in [-0.15, -0.1) is 0 Å². The van der Waals surface area contributed by atoms with E-state index >= 15 is 0 Å². The molecule has 0 bridgehead atoms. The lowest BCUT2D eigenvalue weighted by atomic mass is 9.78. The summed E-state index contributed by atoms with van der Waals surface area (Å²) in [5.74, 6) is 1.31. The van der Waals surface area contributed by atoms with Crippen molar-refractivity contribution < 1.29 is 15.3 Å². The number of benzene rings is 3. The van der Waals surface area contributed by atoms with Gasteiger partial charge >= 0.3 is 0 Å². The maximum absolute atomic E-state index is 11.4. The molecule has 0 unspecified atom stereocenters. The highest BCUT2D eigenvalue weighted by Gasteiger charge is 2.31. The van der Waals surface area contributed by atoms with Gasteiger partial charge in [-0.25, -0.2) is 0 Å². The minimum absolute atomic E-state index is 0.166. The second kappa shape index (κ2) is 16.5. The molecule has 0 aliphatic carbocycles. The monoisotopic (exact) mass is 784 g/mol. The quantitative estimate of drug-likeness (QED) is 0.201. The lowest BCUT2D eigenvalue weighted by Crippen LogP contribution is -2.56. The number of aromatic hydroxyl groups is 3. The Kier molecular flexibility index (Phi) is 13.5. The number of phenolic OH excluding ortho intramolecular Hbond substituents is 3. The molecule has 0 amide bonds. The van der Waals surface area contributed by atoms with Crippen molar-refractivity contribution in [2.45, 2.75) is 176 Å². The largest absolute Gasteiger partial charge is 0.507 e. The second-order valence-corrected chi connectivity index (χ2v) is 23.5. The highest BCUT2D eigenvalue weighted by atomic mass is 16.3. The van der Waals surface area contributed by atoms with Crippen molar-refractivity contribution in [1.29, 1.82) is 0 Å². The SMILES string of the molecule is CC(C)(C)c1cc(CCN2CN(CCc3cc(C(C)(C)C)c(O)c(C(C)(C)C)c3)CN(CCc3cc(C(C)(C)C)c(O)c(C(C)(C)C)c3)C2)cc(C(C)(C)C)c1O. The number of hydrogen-bond donors (Lipinski definition) is 3. The maximum atomic E-state index is 11.4. The van der Waals surface area contributed by atoms with Crippen LogP contribution < -0.4 is 0 Å². The molecule has 1 fully saturated rings. The molecule has 0 saturated carbocycles. The summed E-state index contributed by atoms with van der Waals surface area (Å²) in [5, 5.41) is 34.2. The Hall–Kier alpha value is -3.06. The maximum Gasteiger partial charge on any atom is 0.123 e. The molecule has 1 saturated heterocycles. The van der Waals surface area contributed by atoms with Crippen LogP contribution in [0, 0.1) is 0 Å². The van der Waals surface area contributed by atoms with Crippen LogP contribution in [0.25, 0.3) is 0 Å². The van der Waals surface area contributed by atoms with E-state index < -0.39 is 0 Å². The van der Waals surface area contributed by atoms with Crippen LogP contribution in [0.2, 0.25) is 0 Å². The molecular formula is C51H81N3O3. The van der Waals surface area contributed by atoms with Gasteiger partial charge in [-0.3, -0.25) is 14.7 Å². The van der Waals surface area contributed by atoms with Crippen LogP contribution in [0.15, 0.2) is 36.4 Å². The van der Waals surface area contributed by atoms with E-state index in [4.69, 9.17) is 0 Å². The van der Waals surface area contributed by atoms with Gasteiger partial charge < -0.3 is 15.3 Å². The third-order valence-corrected chi connectivity index (χ3v) is 11.7. The molecule has 6 heteroatoms. The van der Waals surface area contributed by atoms with Gasteiger partial charge in [-0.1, -0.05) is 161 Å². The molecule has 318 valence electrons. The molecule has 6 nitrogen and oxygen atoms in total. The van der Waals surface area contributed by atoms with Crippen molar-refractivity contribution in [2.24, 2.45) is 0 Å². The van der Waals surface area contributed by atoms with Crippen LogP contribution in [-0.4, -0.2) is 69.7 Å². The summed E-state index contributed by atoms with van der Waals surface area (Å²) in [5.41, 5.74) is 8.92.